The van der Waals surface area contributed by atoms with E-state index in [0.717, 1.165) is 0 Å². The molecule has 20 heavy (non-hydrogen) atoms. The van der Waals surface area contributed by atoms with Crippen LogP contribution >= 0.6 is 22.3 Å². The standard InChI is InChI=1S/C12H13Cl2N3O2S/c1-12(2,3)10-9(20(14,18)19)11(13)17(16-10)8-4-6-15-7-5-8/h4-7H,1-3H3. The second kappa shape index (κ2) is 5.02. The molecule has 2 heterocycles. The van der Waals surface area contributed by atoms with Crippen LogP contribution in [0.2, 0.25) is 5.15 Å². The highest BCUT2D eigenvalue weighted by molar-refractivity contribution is 8.13. The zero-order valence-corrected chi connectivity index (χ0v) is 13.5. The molecule has 0 saturated carbocycles. The second-order valence-electron chi connectivity index (χ2n) is 5.27. The summed E-state index contributed by atoms with van der Waals surface area (Å²) in [5, 5.41) is 4.28. The maximum Gasteiger partial charge on any atom is 0.266 e. The molecule has 0 atom stereocenters. The summed E-state index contributed by atoms with van der Waals surface area (Å²) in [7, 11) is 1.50. The summed E-state index contributed by atoms with van der Waals surface area (Å²) in [6.45, 7) is 5.52. The van der Waals surface area contributed by atoms with Gasteiger partial charge in [-0.05, 0) is 12.1 Å². The maximum atomic E-state index is 11.8. The SMILES string of the molecule is CC(C)(C)c1nn(-c2ccncc2)c(Cl)c1S(=O)(=O)Cl. The Kier molecular flexibility index (Phi) is 3.83. The van der Waals surface area contributed by atoms with Crippen molar-refractivity contribution in [2.45, 2.75) is 31.1 Å². The Balaban J connectivity index is 2.79. The molecule has 0 fully saturated rings. The first kappa shape index (κ1) is 15.3. The molecule has 5 nitrogen and oxygen atoms in total. The molecular weight excluding hydrogens is 321 g/mol. The summed E-state index contributed by atoms with van der Waals surface area (Å²) in [6.07, 6.45) is 3.14. The molecule has 2 aromatic heterocycles. The van der Waals surface area contributed by atoms with Gasteiger partial charge in [0.25, 0.3) is 9.05 Å². The van der Waals surface area contributed by atoms with Gasteiger partial charge in [0.2, 0.25) is 0 Å². The minimum absolute atomic E-state index is 0.0314. The lowest BCUT2D eigenvalue weighted by Crippen LogP contribution is -2.15. The molecule has 0 aliphatic heterocycles. The van der Waals surface area contributed by atoms with Crippen LogP contribution in [0, 0.1) is 0 Å². The summed E-state index contributed by atoms with van der Waals surface area (Å²) >= 11 is 6.17. The Morgan fingerprint density at radius 1 is 1.20 bits per heavy atom. The number of hydrogen-bond acceptors (Lipinski definition) is 4. The Morgan fingerprint density at radius 3 is 2.15 bits per heavy atom. The van der Waals surface area contributed by atoms with Crippen molar-refractivity contribution in [2.24, 2.45) is 0 Å². The van der Waals surface area contributed by atoms with E-state index < -0.39 is 14.5 Å². The van der Waals surface area contributed by atoms with Crippen LogP contribution in [0.4, 0.5) is 0 Å². The highest BCUT2D eigenvalue weighted by atomic mass is 35.7. The minimum Gasteiger partial charge on any atom is -0.265 e. The lowest BCUT2D eigenvalue weighted by atomic mass is 9.92. The molecular formula is C12H13Cl2N3O2S. The normalized spacial score (nSPS) is 12.7. The lowest BCUT2D eigenvalue weighted by Gasteiger charge is -2.16. The van der Waals surface area contributed by atoms with Crippen LogP contribution in [-0.4, -0.2) is 23.2 Å². The predicted octanol–water partition coefficient (Wildman–Crippen LogP) is 3.15. The van der Waals surface area contributed by atoms with Crippen molar-refractivity contribution in [1.29, 1.82) is 0 Å². The van der Waals surface area contributed by atoms with Crippen molar-refractivity contribution < 1.29 is 8.42 Å². The molecule has 8 heteroatoms. The average molecular weight is 334 g/mol. The van der Waals surface area contributed by atoms with E-state index in [1.807, 2.05) is 20.8 Å². The third-order valence-electron chi connectivity index (χ3n) is 2.65. The third kappa shape index (κ3) is 2.82. The van der Waals surface area contributed by atoms with Gasteiger partial charge in [-0.3, -0.25) is 4.98 Å². The van der Waals surface area contributed by atoms with Crippen LogP contribution in [0.5, 0.6) is 0 Å². The Labute approximate surface area is 127 Å². The van der Waals surface area contributed by atoms with E-state index >= 15 is 0 Å². The fourth-order valence-electron chi connectivity index (χ4n) is 1.75. The van der Waals surface area contributed by atoms with E-state index in [9.17, 15) is 8.42 Å². The molecule has 0 unspecified atom stereocenters. The monoisotopic (exact) mass is 333 g/mol. The van der Waals surface area contributed by atoms with Gasteiger partial charge in [0.15, 0.2) is 5.15 Å². The van der Waals surface area contributed by atoms with Crippen molar-refractivity contribution in [1.82, 2.24) is 14.8 Å². The van der Waals surface area contributed by atoms with Crippen LogP contribution in [0.15, 0.2) is 29.4 Å². The van der Waals surface area contributed by atoms with Gasteiger partial charge in [0, 0.05) is 28.5 Å². The molecule has 0 N–H and O–H groups in total. The van der Waals surface area contributed by atoms with Gasteiger partial charge in [0.1, 0.15) is 4.90 Å². The highest BCUT2D eigenvalue weighted by Gasteiger charge is 2.33. The molecule has 0 spiro atoms. The zero-order valence-electron chi connectivity index (χ0n) is 11.1. The molecule has 108 valence electrons. The Hall–Kier alpha value is -1.11. The number of pyridine rings is 1. The van der Waals surface area contributed by atoms with Crippen LogP contribution < -0.4 is 0 Å². The van der Waals surface area contributed by atoms with E-state index in [0.29, 0.717) is 11.4 Å². The van der Waals surface area contributed by atoms with Crippen molar-refractivity contribution >= 4 is 31.3 Å². The molecule has 0 aromatic carbocycles. The van der Waals surface area contributed by atoms with Gasteiger partial charge >= 0.3 is 0 Å². The van der Waals surface area contributed by atoms with Crippen LogP contribution in [0.3, 0.4) is 0 Å². The molecule has 0 bridgehead atoms. The van der Waals surface area contributed by atoms with E-state index in [-0.39, 0.29) is 10.0 Å². The second-order valence-corrected chi connectivity index (χ2v) is 8.13. The van der Waals surface area contributed by atoms with Crippen molar-refractivity contribution in [3.63, 3.8) is 0 Å². The Morgan fingerprint density at radius 2 is 1.75 bits per heavy atom. The van der Waals surface area contributed by atoms with Crippen molar-refractivity contribution in [2.75, 3.05) is 0 Å². The number of hydrogen-bond donors (Lipinski definition) is 0. The number of rotatable bonds is 2. The van der Waals surface area contributed by atoms with Gasteiger partial charge < -0.3 is 0 Å². The Bertz CT molecular complexity index is 734. The van der Waals surface area contributed by atoms with E-state index in [1.54, 1.807) is 24.5 Å². The topological polar surface area (TPSA) is 64.8 Å². The van der Waals surface area contributed by atoms with Crippen molar-refractivity contribution in [3.05, 3.63) is 35.4 Å². The summed E-state index contributed by atoms with van der Waals surface area (Å²) in [6, 6.07) is 3.35. The van der Waals surface area contributed by atoms with Crippen LogP contribution in [-0.2, 0) is 14.5 Å². The minimum atomic E-state index is -3.99. The maximum absolute atomic E-state index is 11.8. The summed E-state index contributed by atoms with van der Waals surface area (Å²) in [4.78, 5) is 3.75. The first-order valence-electron chi connectivity index (χ1n) is 5.76. The van der Waals surface area contributed by atoms with Gasteiger partial charge in [-0.1, -0.05) is 32.4 Å². The van der Waals surface area contributed by atoms with Crippen molar-refractivity contribution in [3.8, 4) is 5.69 Å². The predicted molar refractivity (Wildman–Crippen MR) is 78.1 cm³/mol. The lowest BCUT2D eigenvalue weighted by molar-refractivity contribution is 0.544. The molecule has 0 saturated heterocycles. The summed E-state index contributed by atoms with van der Waals surface area (Å²) in [5.41, 5.74) is 0.426. The number of nitrogens with zero attached hydrogens (tertiary/aromatic N) is 3. The first-order chi connectivity index (χ1) is 9.12. The van der Waals surface area contributed by atoms with Gasteiger partial charge in [0.05, 0.1) is 11.4 Å². The third-order valence-corrected chi connectivity index (χ3v) is 4.45. The zero-order chi connectivity index (χ0) is 15.1. The fourth-order valence-corrected chi connectivity index (χ4v) is 3.70. The quantitative estimate of drug-likeness (QED) is 0.792. The molecule has 0 radical (unpaired) electrons. The van der Waals surface area contributed by atoms with Crippen LogP contribution in [0.25, 0.3) is 5.69 Å². The average Bonchev–Trinajstić information content (AvgIpc) is 2.67. The highest BCUT2D eigenvalue weighted by Crippen LogP contribution is 2.36. The first-order valence-corrected chi connectivity index (χ1v) is 8.45. The fraction of sp³-hybridized carbons (Fsp3) is 0.333. The number of aromatic nitrogens is 3. The smallest absolute Gasteiger partial charge is 0.265 e. The van der Waals surface area contributed by atoms with E-state index in [2.05, 4.69) is 10.1 Å². The van der Waals surface area contributed by atoms with Gasteiger partial charge in [-0.2, -0.15) is 5.10 Å². The molecule has 0 aliphatic rings. The van der Waals surface area contributed by atoms with E-state index in [4.69, 9.17) is 22.3 Å². The molecule has 0 aliphatic carbocycles. The molecule has 2 rings (SSSR count). The van der Waals surface area contributed by atoms with Gasteiger partial charge in [-0.25, -0.2) is 13.1 Å². The summed E-state index contributed by atoms with van der Waals surface area (Å²) in [5.74, 6) is 0. The molecule has 0 amide bonds. The molecule has 2 aromatic rings. The largest absolute Gasteiger partial charge is 0.266 e. The van der Waals surface area contributed by atoms with E-state index in [1.165, 1.54) is 4.68 Å². The van der Waals surface area contributed by atoms with Gasteiger partial charge in [-0.15, -0.1) is 0 Å². The number of halogens is 2. The van der Waals surface area contributed by atoms with Crippen LogP contribution in [0.1, 0.15) is 26.5 Å². The summed E-state index contributed by atoms with van der Waals surface area (Å²) < 4.78 is 24.9.